The molecular formula is C23H23FN2O4S. The molecule has 0 bridgehead atoms. The molecule has 1 N–H and O–H groups in total. The molecule has 0 saturated heterocycles. The summed E-state index contributed by atoms with van der Waals surface area (Å²) in [5.74, 6) is -0.0631. The van der Waals surface area contributed by atoms with Crippen LogP contribution in [0.5, 0.6) is 5.75 Å². The van der Waals surface area contributed by atoms with Gasteiger partial charge in [0.1, 0.15) is 11.6 Å². The number of rotatable bonds is 8. The third kappa shape index (κ3) is 5.82. The van der Waals surface area contributed by atoms with E-state index >= 15 is 0 Å². The van der Waals surface area contributed by atoms with E-state index in [0.717, 1.165) is 23.4 Å². The van der Waals surface area contributed by atoms with Crippen molar-refractivity contribution in [3.8, 4) is 5.75 Å². The highest BCUT2D eigenvalue weighted by atomic mass is 32.2. The van der Waals surface area contributed by atoms with Gasteiger partial charge in [0, 0.05) is 24.8 Å². The van der Waals surface area contributed by atoms with Crippen molar-refractivity contribution in [2.75, 3.05) is 18.4 Å². The molecule has 6 nitrogen and oxygen atoms in total. The van der Waals surface area contributed by atoms with Crippen LogP contribution in [0.2, 0.25) is 0 Å². The van der Waals surface area contributed by atoms with E-state index in [4.69, 9.17) is 4.74 Å². The first-order valence-electron chi connectivity index (χ1n) is 9.64. The number of halogens is 1. The number of carbonyl (C=O) groups is 1. The summed E-state index contributed by atoms with van der Waals surface area (Å²) >= 11 is 0. The van der Waals surface area contributed by atoms with E-state index < -0.39 is 15.8 Å². The van der Waals surface area contributed by atoms with Crippen LogP contribution < -0.4 is 9.46 Å². The van der Waals surface area contributed by atoms with Gasteiger partial charge >= 0.3 is 0 Å². The monoisotopic (exact) mass is 442 g/mol. The van der Waals surface area contributed by atoms with Crippen molar-refractivity contribution in [1.29, 1.82) is 0 Å². The maximum atomic E-state index is 13.1. The molecule has 0 atom stereocenters. The Kier molecular flexibility index (Phi) is 6.91. The van der Waals surface area contributed by atoms with E-state index in [2.05, 4.69) is 4.72 Å². The Morgan fingerprint density at radius 1 is 1.03 bits per heavy atom. The highest BCUT2D eigenvalue weighted by Gasteiger charge is 2.18. The van der Waals surface area contributed by atoms with Gasteiger partial charge in [-0.2, -0.15) is 0 Å². The molecular weight excluding hydrogens is 419 g/mol. The molecule has 0 saturated carbocycles. The molecule has 0 aliphatic heterocycles. The van der Waals surface area contributed by atoms with Crippen molar-refractivity contribution in [2.24, 2.45) is 0 Å². The highest BCUT2D eigenvalue weighted by Crippen LogP contribution is 2.19. The van der Waals surface area contributed by atoms with E-state index in [-0.39, 0.29) is 22.1 Å². The summed E-state index contributed by atoms with van der Waals surface area (Å²) in [5, 5.41) is 0. The fourth-order valence-electron chi connectivity index (χ4n) is 2.99. The summed E-state index contributed by atoms with van der Waals surface area (Å²) in [6, 6.07) is 18.2. The molecule has 0 spiro atoms. The van der Waals surface area contributed by atoms with Gasteiger partial charge in [-0.15, -0.1) is 0 Å². The van der Waals surface area contributed by atoms with Crippen LogP contribution in [-0.2, 0) is 16.6 Å². The Bertz CT molecular complexity index is 1160. The molecule has 0 unspecified atom stereocenters. The zero-order chi connectivity index (χ0) is 22.4. The van der Waals surface area contributed by atoms with Gasteiger partial charge in [0.25, 0.3) is 15.9 Å². The minimum Gasteiger partial charge on any atom is -0.494 e. The Labute approximate surface area is 181 Å². The van der Waals surface area contributed by atoms with Crippen LogP contribution in [-0.4, -0.2) is 32.9 Å². The van der Waals surface area contributed by atoms with Gasteiger partial charge in [-0.05, 0) is 67.1 Å². The molecule has 1 amide bonds. The summed E-state index contributed by atoms with van der Waals surface area (Å²) in [5.41, 5.74) is 1.36. The number of nitrogens with one attached hydrogen (secondary N) is 1. The average molecular weight is 443 g/mol. The molecule has 3 aromatic rings. The van der Waals surface area contributed by atoms with E-state index in [1.807, 2.05) is 31.2 Å². The first-order chi connectivity index (χ1) is 14.8. The lowest BCUT2D eigenvalue weighted by Gasteiger charge is -2.18. The molecule has 0 aliphatic carbocycles. The van der Waals surface area contributed by atoms with Crippen LogP contribution >= 0.6 is 0 Å². The quantitative estimate of drug-likeness (QED) is 0.565. The van der Waals surface area contributed by atoms with Gasteiger partial charge in [-0.1, -0.05) is 18.2 Å². The minimum atomic E-state index is -3.94. The molecule has 0 aliphatic rings. The fraction of sp³-hybridized carbons (Fsp3) is 0.174. The summed E-state index contributed by atoms with van der Waals surface area (Å²) in [7, 11) is -2.29. The number of nitrogens with zero attached hydrogens (tertiary/aromatic N) is 1. The molecule has 3 aromatic carbocycles. The zero-order valence-corrected chi connectivity index (χ0v) is 18.0. The lowest BCUT2D eigenvalue weighted by Crippen LogP contribution is -2.26. The largest absolute Gasteiger partial charge is 0.494 e. The Hall–Kier alpha value is -3.39. The fourth-order valence-corrected chi connectivity index (χ4v) is 4.10. The van der Waals surface area contributed by atoms with E-state index in [9.17, 15) is 17.6 Å². The third-order valence-corrected chi connectivity index (χ3v) is 5.84. The molecule has 0 aromatic heterocycles. The first-order valence-corrected chi connectivity index (χ1v) is 11.1. The van der Waals surface area contributed by atoms with Gasteiger partial charge < -0.3 is 9.64 Å². The van der Waals surface area contributed by atoms with E-state index in [1.165, 1.54) is 35.2 Å². The van der Waals surface area contributed by atoms with Gasteiger partial charge in [-0.25, -0.2) is 12.8 Å². The third-order valence-electron chi connectivity index (χ3n) is 4.46. The van der Waals surface area contributed by atoms with Gasteiger partial charge in [-0.3, -0.25) is 9.52 Å². The number of amides is 1. The highest BCUT2D eigenvalue weighted by molar-refractivity contribution is 7.92. The maximum absolute atomic E-state index is 13.1. The molecule has 3 rings (SSSR count). The Morgan fingerprint density at radius 2 is 1.74 bits per heavy atom. The predicted octanol–water partition coefficient (Wildman–Crippen LogP) is 4.30. The second-order valence-corrected chi connectivity index (χ2v) is 8.56. The number of anilines is 1. The molecule has 0 heterocycles. The summed E-state index contributed by atoms with van der Waals surface area (Å²) < 4.78 is 46.3. The van der Waals surface area contributed by atoms with E-state index in [0.29, 0.717) is 13.2 Å². The van der Waals surface area contributed by atoms with Crippen molar-refractivity contribution >= 4 is 21.6 Å². The number of ether oxygens (including phenoxy) is 1. The predicted molar refractivity (Wildman–Crippen MR) is 117 cm³/mol. The lowest BCUT2D eigenvalue weighted by molar-refractivity contribution is 0.0784. The van der Waals surface area contributed by atoms with Crippen molar-refractivity contribution in [2.45, 2.75) is 18.4 Å². The van der Waals surface area contributed by atoms with Crippen LogP contribution in [0.1, 0.15) is 22.8 Å². The standard InChI is InChI=1S/C23H23FN2O4S/c1-3-30-21-8-4-6-17(14-21)16-26(2)23(27)18-7-5-9-22(15-18)31(28,29)25-20-12-10-19(24)11-13-20/h4-15,25H,3,16H2,1-2H3. The molecule has 0 fully saturated rings. The van der Waals surface area contributed by atoms with Crippen LogP contribution in [0.3, 0.4) is 0 Å². The maximum Gasteiger partial charge on any atom is 0.261 e. The number of sulfonamides is 1. The zero-order valence-electron chi connectivity index (χ0n) is 17.2. The second-order valence-electron chi connectivity index (χ2n) is 6.88. The summed E-state index contributed by atoms with van der Waals surface area (Å²) in [6.45, 7) is 2.78. The summed E-state index contributed by atoms with van der Waals surface area (Å²) in [6.07, 6.45) is 0. The van der Waals surface area contributed by atoms with Crippen molar-refractivity contribution in [3.63, 3.8) is 0 Å². The second kappa shape index (κ2) is 9.61. The van der Waals surface area contributed by atoms with Gasteiger partial charge in [0.15, 0.2) is 0 Å². The lowest BCUT2D eigenvalue weighted by atomic mass is 10.1. The van der Waals surface area contributed by atoms with Crippen LogP contribution in [0, 0.1) is 5.82 Å². The SMILES string of the molecule is CCOc1cccc(CN(C)C(=O)c2cccc(S(=O)(=O)Nc3ccc(F)cc3)c2)c1. The molecule has 0 radical (unpaired) electrons. The van der Waals surface area contributed by atoms with Gasteiger partial charge in [0.2, 0.25) is 0 Å². The number of benzene rings is 3. The first kappa shape index (κ1) is 22.3. The number of hydrogen-bond donors (Lipinski definition) is 1. The number of hydrogen-bond acceptors (Lipinski definition) is 4. The van der Waals surface area contributed by atoms with Crippen LogP contribution in [0.25, 0.3) is 0 Å². The van der Waals surface area contributed by atoms with E-state index in [1.54, 1.807) is 13.1 Å². The van der Waals surface area contributed by atoms with Crippen molar-refractivity contribution in [1.82, 2.24) is 4.90 Å². The normalized spacial score (nSPS) is 11.1. The summed E-state index contributed by atoms with van der Waals surface area (Å²) in [4.78, 5) is 14.3. The van der Waals surface area contributed by atoms with Crippen LogP contribution in [0.4, 0.5) is 10.1 Å². The van der Waals surface area contributed by atoms with Crippen molar-refractivity contribution in [3.05, 3.63) is 89.7 Å². The average Bonchev–Trinajstić information content (AvgIpc) is 2.75. The Morgan fingerprint density at radius 3 is 2.45 bits per heavy atom. The molecule has 31 heavy (non-hydrogen) atoms. The molecule has 162 valence electrons. The van der Waals surface area contributed by atoms with Crippen LogP contribution in [0.15, 0.2) is 77.7 Å². The Balaban J connectivity index is 1.76. The topological polar surface area (TPSA) is 75.7 Å². The smallest absolute Gasteiger partial charge is 0.261 e. The van der Waals surface area contributed by atoms with Crippen molar-refractivity contribution < 1.29 is 22.3 Å². The molecule has 8 heteroatoms. The number of carbonyl (C=O) groups excluding carboxylic acids is 1. The van der Waals surface area contributed by atoms with Gasteiger partial charge in [0.05, 0.1) is 11.5 Å². The minimum absolute atomic E-state index is 0.0607.